The molecule has 9 nitrogen and oxygen atoms in total. The summed E-state index contributed by atoms with van der Waals surface area (Å²) in [6.07, 6.45) is 1.39. The molecule has 0 saturated heterocycles. The Balaban J connectivity index is 1.75. The van der Waals surface area contributed by atoms with Crippen LogP contribution in [0.25, 0.3) is 11.1 Å². The van der Waals surface area contributed by atoms with Crippen molar-refractivity contribution in [1.29, 1.82) is 5.26 Å². The molecule has 5 N–H and O–H groups in total. The molecule has 0 bridgehead atoms. The van der Waals surface area contributed by atoms with Gasteiger partial charge in [0, 0.05) is 55.2 Å². The summed E-state index contributed by atoms with van der Waals surface area (Å²) in [6, 6.07) is 9.25. The molecule has 2 aromatic carbocycles. The first-order chi connectivity index (χ1) is 18.3. The zero-order chi connectivity index (χ0) is 27.4. The van der Waals surface area contributed by atoms with E-state index in [2.05, 4.69) is 15.6 Å². The second-order valence-corrected chi connectivity index (χ2v) is 9.03. The molecule has 0 spiro atoms. The van der Waals surface area contributed by atoms with Gasteiger partial charge in [-0.3, -0.25) is 9.80 Å². The van der Waals surface area contributed by atoms with Gasteiger partial charge in [-0.25, -0.2) is 18.6 Å². The van der Waals surface area contributed by atoms with Crippen LogP contribution in [0.15, 0.2) is 42.6 Å². The molecule has 1 aliphatic rings. The predicted molar refractivity (Wildman–Crippen MR) is 143 cm³/mol. The third kappa shape index (κ3) is 5.39. The summed E-state index contributed by atoms with van der Waals surface area (Å²) in [5.74, 6) is -1.67. The quantitative estimate of drug-likeness (QED) is 0.301. The van der Waals surface area contributed by atoms with E-state index in [0.717, 1.165) is 17.0 Å². The van der Waals surface area contributed by atoms with Crippen LogP contribution >= 0.6 is 11.6 Å². The van der Waals surface area contributed by atoms with Crippen molar-refractivity contribution in [1.82, 2.24) is 10.3 Å². The number of hydrogen-bond acceptors (Lipinski definition) is 7. The van der Waals surface area contributed by atoms with Crippen LogP contribution in [0.1, 0.15) is 12.5 Å². The van der Waals surface area contributed by atoms with E-state index < -0.39 is 29.4 Å². The summed E-state index contributed by atoms with van der Waals surface area (Å²) in [5, 5.41) is 24.7. The SMILES string of the molecule is CCN1C(=O)N(c2c(F)cc(NCCNCC(N)CO)cc2F)c2cc(C#N)ccc2-c2cc(Cl)cnc21. The van der Waals surface area contributed by atoms with Gasteiger partial charge in [0.05, 0.1) is 28.9 Å². The lowest BCUT2D eigenvalue weighted by atomic mass is 10.0. The molecule has 4 rings (SSSR count). The lowest BCUT2D eigenvalue weighted by Crippen LogP contribution is -2.41. The number of nitriles is 1. The topological polar surface area (TPSA) is 131 Å². The first-order valence-electron chi connectivity index (χ1n) is 11.9. The molecule has 0 radical (unpaired) electrons. The fourth-order valence-corrected chi connectivity index (χ4v) is 4.36. The van der Waals surface area contributed by atoms with E-state index in [1.807, 2.05) is 6.07 Å². The highest BCUT2D eigenvalue weighted by molar-refractivity contribution is 6.31. The summed E-state index contributed by atoms with van der Waals surface area (Å²) in [7, 11) is 0. The third-order valence-electron chi connectivity index (χ3n) is 6.00. The fourth-order valence-electron chi connectivity index (χ4n) is 4.20. The molecule has 1 aliphatic heterocycles. The summed E-state index contributed by atoms with van der Waals surface area (Å²) in [5.41, 5.74) is 6.47. The van der Waals surface area contributed by atoms with Gasteiger partial charge in [0.25, 0.3) is 0 Å². The second-order valence-electron chi connectivity index (χ2n) is 8.59. The molecule has 1 aromatic heterocycles. The molecule has 38 heavy (non-hydrogen) atoms. The number of amides is 2. The summed E-state index contributed by atoms with van der Waals surface area (Å²) >= 11 is 6.21. The molecule has 2 amide bonds. The number of rotatable bonds is 9. The molecule has 3 aromatic rings. The summed E-state index contributed by atoms with van der Waals surface area (Å²) in [6.45, 7) is 2.87. The van der Waals surface area contributed by atoms with E-state index >= 15 is 8.78 Å². The van der Waals surface area contributed by atoms with Crippen molar-refractivity contribution in [3.63, 3.8) is 0 Å². The van der Waals surface area contributed by atoms with E-state index in [1.54, 1.807) is 25.1 Å². The van der Waals surface area contributed by atoms with Crippen LogP contribution in [-0.4, -0.2) is 54.9 Å². The smallest absolute Gasteiger partial charge is 0.334 e. The first kappa shape index (κ1) is 27.2. The Morgan fingerprint density at radius 2 is 1.92 bits per heavy atom. The van der Waals surface area contributed by atoms with Gasteiger partial charge in [-0.15, -0.1) is 0 Å². The van der Waals surface area contributed by atoms with E-state index in [0.29, 0.717) is 35.8 Å². The molecule has 0 saturated carbocycles. The Morgan fingerprint density at radius 1 is 1.18 bits per heavy atom. The number of benzene rings is 2. The second kappa shape index (κ2) is 11.7. The number of urea groups is 1. The normalized spacial score (nSPS) is 13.4. The molecule has 12 heteroatoms. The Bertz CT molecular complexity index is 1380. The maximum atomic E-state index is 15.6. The first-order valence-corrected chi connectivity index (χ1v) is 12.3. The van der Waals surface area contributed by atoms with Crippen molar-refractivity contribution < 1.29 is 18.7 Å². The highest BCUT2D eigenvalue weighted by Gasteiger charge is 2.36. The minimum absolute atomic E-state index is 0.123. The average Bonchev–Trinajstić information content (AvgIpc) is 2.99. The van der Waals surface area contributed by atoms with Crippen LogP contribution in [0.2, 0.25) is 5.02 Å². The van der Waals surface area contributed by atoms with Gasteiger partial charge in [0.15, 0.2) is 11.6 Å². The van der Waals surface area contributed by atoms with Crippen LogP contribution in [0, 0.1) is 23.0 Å². The maximum Gasteiger partial charge on any atom is 0.334 e. The van der Waals surface area contributed by atoms with Gasteiger partial charge in [-0.1, -0.05) is 17.7 Å². The van der Waals surface area contributed by atoms with Crippen molar-refractivity contribution in [3.8, 4) is 17.2 Å². The number of aliphatic hydroxyl groups is 1. The Hall–Kier alpha value is -3.82. The minimum atomic E-state index is -0.975. The van der Waals surface area contributed by atoms with E-state index in [1.165, 1.54) is 17.2 Å². The van der Waals surface area contributed by atoms with Crippen LogP contribution in [0.3, 0.4) is 0 Å². The highest BCUT2D eigenvalue weighted by Crippen LogP contribution is 2.45. The van der Waals surface area contributed by atoms with Crippen LogP contribution in [0.5, 0.6) is 0 Å². The van der Waals surface area contributed by atoms with E-state index in [-0.39, 0.29) is 35.9 Å². The number of aromatic nitrogens is 1. The molecule has 1 unspecified atom stereocenters. The van der Waals surface area contributed by atoms with Gasteiger partial charge in [0.1, 0.15) is 11.5 Å². The Labute approximate surface area is 223 Å². The number of halogens is 3. The predicted octanol–water partition coefficient (Wildman–Crippen LogP) is 3.97. The minimum Gasteiger partial charge on any atom is -0.395 e. The van der Waals surface area contributed by atoms with Crippen LogP contribution < -0.4 is 26.2 Å². The summed E-state index contributed by atoms with van der Waals surface area (Å²) in [4.78, 5) is 20.4. The number of carbonyl (C=O) groups is 1. The zero-order valence-corrected chi connectivity index (χ0v) is 21.3. The van der Waals surface area contributed by atoms with E-state index in [4.69, 9.17) is 22.4 Å². The standard InChI is InChI=1S/C26H26ClF2N7O2/c1-2-35-25-20(8-16(27)12-34-25)19-4-3-15(11-30)7-23(19)36(26(35)38)24-21(28)9-18(10-22(24)29)33-6-5-32-13-17(31)14-37/h3-4,7-10,12,17,32-33,37H,2,5-6,13-14,31H2,1H3. The fraction of sp³-hybridized carbons (Fsp3) is 0.269. The van der Waals surface area contributed by atoms with Crippen molar-refractivity contribution in [2.75, 3.05) is 47.9 Å². The lowest BCUT2D eigenvalue weighted by molar-refractivity contribution is 0.253. The number of aliphatic hydroxyl groups excluding tert-OH is 1. The average molecular weight is 542 g/mol. The number of nitrogens with one attached hydrogen (secondary N) is 2. The number of nitrogens with zero attached hydrogens (tertiary/aromatic N) is 4. The van der Waals surface area contributed by atoms with Crippen molar-refractivity contribution in [3.05, 3.63) is 64.8 Å². The van der Waals surface area contributed by atoms with Crippen molar-refractivity contribution in [2.24, 2.45) is 5.73 Å². The zero-order valence-electron chi connectivity index (χ0n) is 20.5. The van der Waals surface area contributed by atoms with Gasteiger partial charge >= 0.3 is 6.03 Å². The number of hydrogen-bond donors (Lipinski definition) is 4. The van der Waals surface area contributed by atoms with E-state index in [9.17, 15) is 10.1 Å². The molecule has 1 atom stereocenters. The third-order valence-corrected chi connectivity index (χ3v) is 6.20. The number of pyridine rings is 1. The number of nitrogens with two attached hydrogens (primary N) is 1. The largest absolute Gasteiger partial charge is 0.395 e. The van der Waals surface area contributed by atoms with Crippen molar-refractivity contribution >= 4 is 40.5 Å². The molecular weight excluding hydrogens is 516 g/mol. The van der Waals surface area contributed by atoms with Crippen molar-refractivity contribution in [2.45, 2.75) is 13.0 Å². The number of fused-ring (bicyclic) bond motifs is 3. The number of carbonyl (C=O) groups excluding carboxylic acids is 1. The maximum absolute atomic E-state index is 15.6. The van der Waals surface area contributed by atoms with Gasteiger partial charge in [0.2, 0.25) is 0 Å². The molecule has 0 aliphatic carbocycles. The molecule has 0 fully saturated rings. The Kier molecular flexibility index (Phi) is 8.38. The highest BCUT2D eigenvalue weighted by atomic mass is 35.5. The summed E-state index contributed by atoms with van der Waals surface area (Å²) < 4.78 is 31.1. The molecule has 2 heterocycles. The van der Waals surface area contributed by atoms with Gasteiger partial charge in [-0.2, -0.15) is 5.26 Å². The monoisotopic (exact) mass is 541 g/mol. The van der Waals surface area contributed by atoms with Gasteiger partial charge < -0.3 is 21.5 Å². The Morgan fingerprint density at radius 3 is 2.58 bits per heavy atom. The van der Waals surface area contributed by atoms with Crippen LogP contribution in [0.4, 0.5) is 36.5 Å². The molecular formula is C26H26ClF2N7O2. The van der Waals surface area contributed by atoms with Gasteiger partial charge in [-0.05, 0) is 37.3 Å². The number of anilines is 4. The molecule has 198 valence electrons. The lowest BCUT2D eigenvalue weighted by Gasteiger charge is -2.28. The van der Waals surface area contributed by atoms with Crippen LogP contribution in [-0.2, 0) is 0 Å².